The molecule has 2 heteroatoms. The minimum absolute atomic E-state index is 0.477. The molecule has 3 fully saturated rings. The molecule has 2 atom stereocenters. The van der Waals surface area contributed by atoms with Crippen LogP contribution in [0.25, 0.3) is 0 Å². The van der Waals surface area contributed by atoms with Gasteiger partial charge in [-0.3, -0.25) is 0 Å². The Morgan fingerprint density at radius 1 is 0.606 bits per heavy atom. The van der Waals surface area contributed by atoms with E-state index in [-0.39, 0.29) is 0 Å². The molecule has 0 N–H and O–H groups in total. The monoisotopic (exact) mass is 460 g/mol. The highest BCUT2D eigenvalue weighted by Gasteiger charge is 2.42. The Morgan fingerprint density at radius 2 is 1.12 bits per heavy atom. The van der Waals surface area contributed by atoms with Crippen LogP contribution in [0.4, 0.5) is 0 Å². The van der Waals surface area contributed by atoms with E-state index in [9.17, 15) is 0 Å². The summed E-state index contributed by atoms with van der Waals surface area (Å²) < 4.78 is 11.4. The quantitative estimate of drug-likeness (QED) is 0.336. The fourth-order valence-electron chi connectivity index (χ4n) is 6.60. The van der Waals surface area contributed by atoms with Crippen molar-refractivity contribution in [2.75, 3.05) is 13.2 Å². The molecule has 2 unspecified atom stereocenters. The summed E-state index contributed by atoms with van der Waals surface area (Å²) in [5.41, 5.74) is 0.971. The summed E-state index contributed by atoms with van der Waals surface area (Å²) in [5, 5.41) is 0. The molecule has 3 saturated carbocycles. The molecular weight excluding hydrogens is 404 g/mol. The Bertz CT molecular complexity index is 544. The molecule has 0 saturated heterocycles. The molecule has 0 heterocycles. The molecule has 33 heavy (non-hydrogen) atoms. The summed E-state index contributed by atoms with van der Waals surface area (Å²) >= 11 is 0. The average Bonchev–Trinajstić information content (AvgIpc) is 2.82. The van der Waals surface area contributed by atoms with Crippen molar-refractivity contribution >= 4 is 0 Å². The molecule has 0 aromatic rings. The number of rotatable bonds is 8. The molecule has 0 spiro atoms. The number of hydrogen-bond acceptors (Lipinski definition) is 2. The van der Waals surface area contributed by atoms with Gasteiger partial charge in [0.1, 0.15) is 0 Å². The van der Waals surface area contributed by atoms with E-state index in [1.165, 1.54) is 83.5 Å². The molecule has 0 amide bonds. The van der Waals surface area contributed by atoms with Gasteiger partial charge in [-0.15, -0.1) is 13.2 Å². The highest BCUT2D eigenvalue weighted by molar-refractivity contribution is 4.93. The van der Waals surface area contributed by atoms with Gasteiger partial charge in [-0.1, -0.05) is 72.5 Å². The number of ether oxygens (including phenoxy) is 2. The van der Waals surface area contributed by atoms with Gasteiger partial charge in [-0.05, 0) is 86.4 Å². The van der Waals surface area contributed by atoms with Crippen molar-refractivity contribution < 1.29 is 9.47 Å². The van der Waals surface area contributed by atoms with E-state index in [1.807, 2.05) is 12.2 Å². The minimum atomic E-state index is 0.477. The Morgan fingerprint density at radius 3 is 1.64 bits per heavy atom. The summed E-state index contributed by atoms with van der Waals surface area (Å²) in [6.45, 7) is 21.3. The lowest BCUT2D eigenvalue weighted by molar-refractivity contribution is -0.0184. The van der Waals surface area contributed by atoms with Gasteiger partial charge in [0.25, 0.3) is 0 Å². The molecular formula is C31H56O2. The van der Waals surface area contributed by atoms with Gasteiger partial charge >= 0.3 is 0 Å². The fraction of sp³-hybridized carbons (Fsp3) is 0.871. The highest BCUT2D eigenvalue weighted by atomic mass is 16.5. The third-order valence-corrected chi connectivity index (χ3v) is 9.13. The van der Waals surface area contributed by atoms with E-state index in [1.54, 1.807) is 0 Å². The largest absolute Gasteiger partial charge is 0.374 e. The first kappa shape index (κ1) is 28.6. The summed E-state index contributed by atoms with van der Waals surface area (Å²) in [6.07, 6.45) is 22.3. The summed E-state index contributed by atoms with van der Waals surface area (Å²) in [6, 6.07) is 0. The molecule has 3 rings (SSSR count). The van der Waals surface area contributed by atoms with Crippen molar-refractivity contribution in [2.24, 2.45) is 28.6 Å². The smallest absolute Gasteiger partial charge is 0.0648 e. The molecule has 192 valence electrons. The van der Waals surface area contributed by atoms with Gasteiger partial charge in [0, 0.05) is 0 Å². The first-order chi connectivity index (χ1) is 15.7. The van der Waals surface area contributed by atoms with Crippen molar-refractivity contribution in [3.63, 3.8) is 0 Å². The standard InChI is InChI=1S/C22H40O.C9H16O/c1-7-15-23-20-13-11-17(12-14-20)22(5,6)19-10-8-9-18(16-19)21(2,3)4;1-2-8-10-9-6-4-3-5-7-9/h7,17-20H,1,8-16H2,2-6H3;2,9H,1,3-8H2. The lowest BCUT2D eigenvalue weighted by atomic mass is 9.57. The van der Waals surface area contributed by atoms with E-state index < -0.39 is 0 Å². The lowest BCUT2D eigenvalue weighted by Crippen LogP contribution is -2.40. The SMILES string of the molecule is C=CCOC1CCC(C(C)(C)C2CCCC(C(C)(C)C)C2)CC1.C=CCOC1CCCCC1. The lowest BCUT2D eigenvalue weighted by Gasteiger charge is -2.49. The van der Waals surface area contributed by atoms with Gasteiger partial charge < -0.3 is 9.47 Å². The third kappa shape index (κ3) is 9.52. The predicted octanol–water partition coefficient (Wildman–Crippen LogP) is 9.15. The second-order valence-electron chi connectivity index (χ2n) is 12.7. The summed E-state index contributed by atoms with van der Waals surface area (Å²) in [7, 11) is 0. The topological polar surface area (TPSA) is 18.5 Å². The van der Waals surface area contributed by atoms with Crippen molar-refractivity contribution in [2.45, 2.75) is 130 Å². The maximum Gasteiger partial charge on any atom is 0.0648 e. The van der Waals surface area contributed by atoms with Crippen LogP contribution in [-0.2, 0) is 9.47 Å². The maximum absolute atomic E-state index is 5.88. The summed E-state index contributed by atoms with van der Waals surface area (Å²) in [5.74, 6) is 2.71. The van der Waals surface area contributed by atoms with Crippen LogP contribution < -0.4 is 0 Å². The van der Waals surface area contributed by atoms with Crippen LogP contribution in [0.3, 0.4) is 0 Å². The van der Waals surface area contributed by atoms with Crippen LogP contribution in [0.15, 0.2) is 25.3 Å². The Kier molecular flexibility index (Phi) is 12.2. The molecule has 0 aromatic heterocycles. The van der Waals surface area contributed by atoms with Crippen LogP contribution in [0, 0.1) is 28.6 Å². The minimum Gasteiger partial charge on any atom is -0.374 e. The van der Waals surface area contributed by atoms with Gasteiger partial charge in [0.05, 0.1) is 25.4 Å². The molecule has 0 aromatic carbocycles. The van der Waals surface area contributed by atoms with Crippen LogP contribution >= 0.6 is 0 Å². The Balaban J connectivity index is 0.000000321. The van der Waals surface area contributed by atoms with E-state index in [0.717, 1.165) is 24.4 Å². The molecule has 0 aliphatic heterocycles. The van der Waals surface area contributed by atoms with Crippen molar-refractivity contribution in [3.05, 3.63) is 25.3 Å². The van der Waals surface area contributed by atoms with Gasteiger partial charge in [-0.2, -0.15) is 0 Å². The Labute approximate surface area is 207 Å². The highest BCUT2D eigenvalue weighted by Crippen LogP contribution is 2.52. The molecule has 0 bridgehead atoms. The molecule has 3 aliphatic carbocycles. The second kappa shape index (κ2) is 14.1. The average molecular weight is 461 g/mol. The van der Waals surface area contributed by atoms with Crippen molar-refractivity contribution in [1.29, 1.82) is 0 Å². The van der Waals surface area contributed by atoms with E-state index >= 15 is 0 Å². The summed E-state index contributed by atoms with van der Waals surface area (Å²) in [4.78, 5) is 0. The van der Waals surface area contributed by atoms with E-state index in [0.29, 0.717) is 29.6 Å². The molecule has 3 aliphatic rings. The maximum atomic E-state index is 5.88. The van der Waals surface area contributed by atoms with Crippen LogP contribution in [0.2, 0.25) is 0 Å². The zero-order valence-electron chi connectivity index (χ0n) is 22.9. The second-order valence-corrected chi connectivity index (χ2v) is 12.7. The van der Waals surface area contributed by atoms with Gasteiger partial charge in [-0.25, -0.2) is 0 Å². The molecule has 0 radical (unpaired) electrons. The normalized spacial score (nSPS) is 29.6. The van der Waals surface area contributed by atoms with Crippen LogP contribution in [0.5, 0.6) is 0 Å². The Hall–Kier alpha value is -0.600. The fourth-order valence-corrected chi connectivity index (χ4v) is 6.60. The van der Waals surface area contributed by atoms with E-state index in [2.05, 4.69) is 47.8 Å². The number of hydrogen-bond donors (Lipinski definition) is 0. The van der Waals surface area contributed by atoms with Crippen LogP contribution in [0.1, 0.15) is 118 Å². The third-order valence-electron chi connectivity index (χ3n) is 9.13. The molecule has 2 nitrogen and oxygen atoms in total. The first-order valence-corrected chi connectivity index (χ1v) is 14.1. The first-order valence-electron chi connectivity index (χ1n) is 14.1. The van der Waals surface area contributed by atoms with Crippen molar-refractivity contribution in [1.82, 2.24) is 0 Å². The van der Waals surface area contributed by atoms with E-state index in [4.69, 9.17) is 9.47 Å². The van der Waals surface area contributed by atoms with Crippen LogP contribution in [-0.4, -0.2) is 25.4 Å². The van der Waals surface area contributed by atoms with Gasteiger partial charge in [0.2, 0.25) is 0 Å². The predicted molar refractivity (Wildman–Crippen MR) is 144 cm³/mol. The zero-order chi connectivity index (χ0) is 24.3. The zero-order valence-corrected chi connectivity index (χ0v) is 22.9. The van der Waals surface area contributed by atoms with Crippen molar-refractivity contribution in [3.8, 4) is 0 Å². The van der Waals surface area contributed by atoms with Gasteiger partial charge in [0.15, 0.2) is 0 Å².